The van der Waals surface area contributed by atoms with Gasteiger partial charge in [-0.15, -0.1) is 0 Å². The van der Waals surface area contributed by atoms with E-state index in [9.17, 15) is 0 Å². The van der Waals surface area contributed by atoms with Gasteiger partial charge in [0.2, 0.25) is 5.95 Å². The van der Waals surface area contributed by atoms with E-state index in [2.05, 4.69) is 20.3 Å². The second-order valence-corrected chi connectivity index (χ2v) is 3.82. The predicted octanol–water partition coefficient (Wildman–Crippen LogP) is 2.45. The van der Waals surface area contributed by atoms with Crippen LogP contribution < -0.4 is 5.32 Å². The first-order chi connectivity index (χ1) is 7.75. The largest absolute Gasteiger partial charge is 0.350 e. The Morgan fingerprint density at radius 3 is 2.69 bits per heavy atom. The minimum Gasteiger partial charge on any atom is -0.350 e. The Bertz CT molecular complexity index is 470. The summed E-state index contributed by atoms with van der Waals surface area (Å²) in [5.74, 6) is 0.570. The normalized spacial score (nSPS) is 10.1. The molecule has 0 saturated carbocycles. The summed E-state index contributed by atoms with van der Waals surface area (Å²) >= 11 is 5.69. The highest BCUT2D eigenvalue weighted by atomic mass is 35.5. The van der Waals surface area contributed by atoms with Crippen LogP contribution in [0, 0.1) is 6.92 Å². The molecule has 0 unspecified atom stereocenters. The molecule has 0 spiro atoms. The van der Waals surface area contributed by atoms with E-state index in [1.807, 2.05) is 19.2 Å². The summed E-state index contributed by atoms with van der Waals surface area (Å²) in [6.07, 6.45) is 6.74. The van der Waals surface area contributed by atoms with Gasteiger partial charge in [0.05, 0.1) is 17.4 Å². The summed E-state index contributed by atoms with van der Waals surface area (Å²) in [5.41, 5.74) is 2.32. The molecule has 0 aliphatic rings. The van der Waals surface area contributed by atoms with E-state index in [0.717, 1.165) is 5.56 Å². The summed E-state index contributed by atoms with van der Waals surface area (Å²) in [5, 5.41) is 3.65. The molecule has 0 atom stereocenters. The highest BCUT2D eigenvalue weighted by Crippen LogP contribution is 2.09. The van der Waals surface area contributed by atoms with Gasteiger partial charge in [0.25, 0.3) is 0 Å². The molecule has 2 aromatic rings. The van der Waals surface area contributed by atoms with Crippen LogP contribution in [0.15, 0.2) is 30.9 Å². The van der Waals surface area contributed by atoms with Crippen LogP contribution in [0.5, 0.6) is 0 Å². The van der Waals surface area contributed by atoms with Crippen LogP contribution in [0.3, 0.4) is 0 Å². The molecule has 82 valence electrons. The van der Waals surface area contributed by atoms with E-state index in [0.29, 0.717) is 17.5 Å². The molecule has 5 heteroatoms. The van der Waals surface area contributed by atoms with Gasteiger partial charge in [0.15, 0.2) is 0 Å². The minimum atomic E-state index is 0.533. The van der Waals surface area contributed by atoms with Crippen LogP contribution in [0.25, 0.3) is 0 Å². The average Bonchev–Trinajstić information content (AvgIpc) is 2.30. The summed E-state index contributed by atoms with van der Waals surface area (Å²) in [4.78, 5) is 12.1. The van der Waals surface area contributed by atoms with Gasteiger partial charge in [-0.1, -0.05) is 11.6 Å². The first-order valence-electron chi connectivity index (χ1n) is 4.86. The molecular weight excluding hydrogens is 224 g/mol. The van der Waals surface area contributed by atoms with Gasteiger partial charge in [-0.25, -0.2) is 9.97 Å². The maximum atomic E-state index is 5.69. The summed E-state index contributed by atoms with van der Waals surface area (Å²) in [6, 6.07) is 1.97. The van der Waals surface area contributed by atoms with Gasteiger partial charge in [-0.05, 0) is 24.1 Å². The van der Waals surface area contributed by atoms with Gasteiger partial charge in [-0.3, -0.25) is 4.98 Å². The predicted molar refractivity (Wildman–Crippen MR) is 63.3 cm³/mol. The van der Waals surface area contributed by atoms with Crippen molar-refractivity contribution in [2.75, 3.05) is 5.32 Å². The fraction of sp³-hybridized carbons (Fsp3) is 0.182. The van der Waals surface area contributed by atoms with E-state index < -0.39 is 0 Å². The van der Waals surface area contributed by atoms with Crippen LogP contribution in [0.4, 0.5) is 5.95 Å². The van der Waals surface area contributed by atoms with Crippen LogP contribution in [-0.2, 0) is 6.54 Å². The molecular formula is C11H11ClN4. The highest BCUT2D eigenvalue weighted by Gasteiger charge is 1.99. The first-order valence-corrected chi connectivity index (χ1v) is 5.24. The van der Waals surface area contributed by atoms with Crippen molar-refractivity contribution in [2.45, 2.75) is 13.5 Å². The molecule has 2 aromatic heterocycles. The van der Waals surface area contributed by atoms with Gasteiger partial charge in [0, 0.05) is 18.9 Å². The number of aryl methyl sites for hydroxylation is 1. The Balaban J connectivity index is 2.02. The zero-order chi connectivity index (χ0) is 11.4. The van der Waals surface area contributed by atoms with E-state index >= 15 is 0 Å². The number of hydrogen-bond donors (Lipinski definition) is 1. The van der Waals surface area contributed by atoms with Gasteiger partial charge in [-0.2, -0.15) is 0 Å². The highest BCUT2D eigenvalue weighted by molar-refractivity contribution is 6.30. The lowest BCUT2D eigenvalue weighted by Gasteiger charge is -2.06. The Morgan fingerprint density at radius 1 is 1.25 bits per heavy atom. The van der Waals surface area contributed by atoms with Crippen LogP contribution in [-0.4, -0.2) is 15.0 Å². The molecule has 2 heterocycles. The van der Waals surface area contributed by atoms with Crippen molar-refractivity contribution in [1.82, 2.24) is 15.0 Å². The summed E-state index contributed by atoms with van der Waals surface area (Å²) in [7, 11) is 0. The van der Waals surface area contributed by atoms with Crippen LogP contribution >= 0.6 is 11.6 Å². The van der Waals surface area contributed by atoms with Gasteiger partial charge >= 0.3 is 0 Å². The summed E-state index contributed by atoms with van der Waals surface area (Å²) in [6.45, 7) is 2.70. The number of nitrogens with one attached hydrogen (secondary N) is 1. The number of aromatic nitrogens is 3. The lowest BCUT2D eigenvalue weighted by Crippen LogP contribution is -2.04. The fourth-order valence-electron chi connectivity index (χ4n) is 1.28. The maximum absolute atomic E-state index is 5.69. The van der Waals surface area contributed by atoms with Crippen LogP contribution in [0.2, 0.25) is 5.02 Å². The lowest BCUT2D eigenvalue weighted by atomic mass is 10.1. The molecule has 0 radical (unpaired) electrons. The molecule has 4 nitrogen and oxygen atoms in total. The van der Waals surface area contributed by atoms with Crippen molar-refractivity contribution >= 4 is 17.5 Å². The van der Waals surface area contributed by atoms with Gasteiger partial charge < -0.3 is 5.32 Å². The number of pyridine rings is 1. The average molecular weight is 235 g/mol. The standard InChI is InChI=1S/C11H11ClN4/c1-8-4-13-3-2-9(8)5-14-11-15-6-10(12)7-16-11/h2-4,6-7H,5H2,1H3,(H,14,15,16). The first kappa shape index (κ1) is 10.8. The van der Waals surface area contributed by atoms with Crippen molar-refractivity contribution in [1.29, 1.82) is 0 Å². The van der Waals surface area contributed by atoms with Crippen LogP contribution in [0.1, 0.15) is 11.1 Å². The third kappa shape index (κ3) is 2.67. The summed E-state index contributed by atoms with van der Waals surface area (Å²) < 4.78 is 0. The van der Waals surface area contributed by atoms with Crippen molar-refractivity contribution in [3.05, 3.63) is 47.0 Å². The topological polar surface area (TPSA) is 50.7 Å². The zero-order valence-corrected chi connectivity index (χ0v) is 9.57. The maximum Gasteiger partial charge on any atom is 0.222 e. The molecule has 0 aliphatic heterocycles. The SMILES string of the molecule is Cc1cnccc1CNc1ncc(Cl)cn1. The van der Waals surface area contributed by atoms with E-state index in [1.54, 1.807) is 18.6 Å². The number of nitrogens with zero attached hydrogens (tertiary/aromatic N) is 3. The number of anilines is 1. The Hall–Kier alpha value is -1.68. The molecule has 0 saturated heterocycles. The van der Waals surface area contributed by atoms with E-state index in [-0.39, 0.29) is 0 Å². The van der Waals surface area contributed by atoms with Crippen molar-refractivity contribution in [2.24, 2.45) is 0 Å². The second kappa shape index (κ2) is 4.90. The third-order valence-corrected chi connectivity index (χ3v) is 2.39. The minimum absolute atomic E-state index is 0.533. The lowest BCUT2D eigenvalue weighted by molar-refractivity contribution is 1.03. The Morgan fingerprint density at radius 2 is 2.00 bits per heavy atom. The molecule has 0 aromatic carbocycles. The van der Waals surface area contributed by atoms with E-state index in [4.69, 9.17) is 11.6 Å². The Kier molecular flexibility index (Phi) is 3.31. The van der Waals surface area contributed by atoms with Crippen molar-refractivity contribution < 1.29 is 0 Å². The molecule has 0 aliphatic carbocycles. The monoisotopic (exact) mass is 234 g/mol. The van der Waals surface area contributed by atoms with Gasteiger partial charge in [0.1, 0.15) is 0 Å². The molecule has 16 heavy (non-hydrogen) atoms. The van der Waals surface area contributed by atoms with E-state index in [1.165, 1.54) is 5.56 Å². The number of halogens is 1. The molecule has 0 bridgehead atoms. The Labute approximate surface area is 98.7 Å². The van der Waals surface area contributed by atoms with Crippen molar-refractivity contribution in [3.8, 4) is 0 Å². The third-order valence-electron chi connectivity index (χ3n) is 2.19. The number of rotatable bonds is 3. The van der Waals surface area contributed by atoms with Crippen molar-refractivity contribution in [3.63, 3.8) is 0 Å². The zero-order valence-electron chi connectivity index (χ0n) is 8.81. The molecule has 1 N–H and O–H groups in total. The molecule has 2 rings (SSSR count). The fourth-order valence-corrected chi connectivity index (χ4v) is 1.38. The second-order valence-electron chi connectivity index (χ2n) is 3.38. The molecule has 0 fully saturated rings. The molecule has 0 amide bonds. The smallest absolute Gasteiger partial charge is 0.222 e. The number of hydrogen-bond acceptors (Lipinski definition) is 4. The quantitative estimate of drug-likeness (QED) is 0.886.